The maximum atomic E-state index is 13.1. The van der Waals surface area contributed by atoms with E-state index in [4.69, 9.17) is 16.0 Å². The lowest BCUT2D eigenvalue weighted by atomic mass is 9.93. The summed E-state index contributed by atoms with van der Waals surface area (Å²) in [4.78, 5) is 29.1. The maximum absolute atomic E-state index is 13.1. The largest absolute Gasteiger partial charge is 0.472 e. The second-order valence-electron chi connectivity index (χ2n) is 6.79. The van der Waals surface area contributed by atoms with Gasteiger partial charge in [0.2, 0.25) is 5.91 Å². The highest BCUT2D eigenvalue weighted by atomic mass is 35.5. The fourth-order valence-electron chi connectivity index (χ4n) is 3.65. The van der Waals surface area contributed by atoms with Crippen LogP contribution in [0.2, 0.25) is 5.02 Å². The van der Waals surface area contributed by atoms with Crippen molar-refractivity contribution in [1.29, 1.82) is 0 Å². The quantitative estimate of drug-likeness (QED) is 0.836. The Morgan fingerprint density at radius 2 is 1.74 bits per heavy atom. The molecular weight excluding hydrogens is 368 g/mol. The fraction of sp³-hybridized carbons (Fsp3) is 0.368. The molecule has 4 rings (SSSR count). The molecule has 142 valence electrons. The van der Waals surface area contributed by atoms with Crippen molar-refractivity contribution in [3.63, 3.8) is 0 Å². The number of hydrazine groups is 1. The van der Waals surface area contributed by atoms with Gasteiger partial charge in [0.25, 0.3) is 5.91 Å². The van der Waals surface area contributed by atoms with E-state index in [1.807, 2.05) is 29.2 Å². The van der Waals surface area contributed by atoms with E-state index in [2.05, 4.69) is 10.9 Å². The zero-order chi connectivity index (χ0) is 18.8. The van der Waals surface area contributed by atoms with Gasteiger partial charge in [0.05, 0.1) is 23.8 Å². The second-order valence-corrected chi connectivity index (χ2v) is 7.23. The number of amides is 2. The van der Waals surface area contributed by atoms with E-state index >= 15 is 0 Å². The summed E-state index contributed by atoms with van der Waals surface area (Å²) in [7, 11) is 0. The van der Waals surface area contributed by atoms with E-state index in [-0.39, 0.29) is 23.8 Å². The summed E-state index contributed by atoms with van der Waals surface area (Å²) in [6, 6.07) is 9.10. The molecule has 2 N–H and O–H groups in total. The number of hydrogen-bond donors (Lipinski definition) is 2. The fourth-order valence-corrected chi connectivity index (χ4v) is 3.77. The van der Waals surface area contributed by atoms with Crippen molar-refractivity contribution < 1.29 is 14.0 Å². The minimum atomic E-state index is -0.192. The Labute approximate surface area is 162 Å². The zero-order valence-corrected chi connectivity index (χ0v) is 15.5. The van der Waals surface area contributed by atoms with Crippen LogP contribution in [0.25, 0.3) is 0 Å². The molecule has 0 spiro atoms. The van der Waals surface area contributed by atoms with E-state index < -0.39 is 0 Å². The molecule has 1 aromatic heterocycles. The highest BCUT2D eigenvalue weighted by Crippen LogP contribution is 2.28. The van der Waals surface area contributed by atoms with Gasteiger partial charge in [-0.1, -0.05) is 23.7 Å². The molecule has 2 unspecified atom stereocenters. The number of hydrogen-bond acceptors (Lipinski definition) is 5. The lowest BCUT2D eigenvalue weighted by Gasteiger charge is -2.36. The minimum Gasteiger partial charge on any atom is -0.472 e. The molecule has 3 heterocycles. The van der Waals surface area contributed by atoms with Gasteiger partial charge in [0.15, 0.2) is 0 Å². The molecule has 8 heteroatoms. The molecule has 0 saturated carbocycles. The number of piperazine rings is 1. The van der Waals surface area contributed by atoms with Crippen LogP contribution in [0, 0.1) is 5.92 Å². The number of benzene rings is 1. The Kier molecular flexibility index (Phi) is 5.15. The van der Waals surface area contributed by atoms with Crippen molar-refractivity contribution >= 4 is 23.4 Å². The molecule has 0 aliphatic carbocycles. The van der Waals surface area contributed by atoms with Crippen LogP contribution in [0.4, 0.5) is 0 Å². The van der Waals surface area contributed by atoms with E-state index in [0.717, 1.165) is 5.56 Å². The third kappa shape index (κ3) is 3.71. The van der Waals surface area contributed by atoms with E-state index in [9.17, 15) is 9.59 Å². The van der Waals surface area contributed by atoms with Gasteiger partial charge in [-0.3, -0.25) is 15.0 Å². The maximum Gasteiger partial charge on any atom is 0.257 e. The molecular formula is C19H21ClN4O3. The lowest BCUT2D eigenvalue weighted by Crippen LogP contribution is -2.52. The predicted octanol–water partition coefficient (Wildman–Crippen LogP) is 1.68. The zero-order valence-electron chi connectivity index (χ0n) is 14.7. The van der Waals surface area contributed by atoms with Crippen molar-refractivity contribution in [3.8, 4) is 0 Å². The van der Waals surface area contributed by atoms with Gasteiger partial charge in [0, 0.05) is 37.7 Å². The van der Waals surface area contributed by atoms with Crippen LogP contribution < -0.4 is 10.9 Å². The normalized spacial score (nSPS) is 22.9. The monoisotopic (exact) mass is 388 g/mol. The number of rotatable bonds is 3. The summed E-state index contributed by atoms with van der Waals surface area (Å²) in [6.45, 7) is 2.68. The third-order valence-corrected chi connectivity index (χ3v) is 5.43. The Hall–Kier alpha value is -2.35. The van der Waals surface area contributed by atoms with Gasteiger partial charge >= 0.3 is 0 Å². The summed E-state index contributed by atoms with van der Waals surface area (Å²) in [5.74, 6) is -0.149. The topological polar surface area (TPSA) is 77.8 Å². The molecule has 2 aromatic rings. The van der Waals surface area contributed by atoms with Crippen molar-refractivity contribution in [2.45, 2.75) is 6.04 Å². The van der Waals surface area contributed by atoms with Gasteiger partial charge < -0.3 is 14.2 Å². The first-order valence-corrected chi connectivity index (χ1v) is 9.35. The smallest absolute Gasteiger partial charge is 0.257 e. The number of carbonyl (C=O) groups excluding carboxylic acids is 2. The molecule has 0 radical (unpaired) electrons. The Morgan fingerprint density at radius 1 is 1.04 bits per heavy atom. The molecule has 2 aliphatic rings. The van der Waals surface area contributed by atoms with E-state index in [1.165, 1.54) is 12.5 Å². The van der Waals surface area contributed by atoms with Gasteiger partial charge in [0.1, 0.15) is 6.26 Å². The molecule has 1 aromatic carbocycles. The van der Waals surface area contributed by atoms with Crippen LogP contribution in [-0.2, 0) is 4.79 Å². The van der Waals surface area contributed by atoms with Crippen molar-refractivity contribution in [2.24, 2.45) is 5.92 Å². The van der Waals surface area contributed by atoms with E-state index in [1.54, 1.807) is 11.0 Å². The summed E-state index contributed by atoms with van der Waals surface area (Å²) in [5.41, 5.74) is 7.86. The summed E-state index contributed by atoms with van der Waals surface area (Å²) >= 11 is 5.97. The third-order valence-electron chi connectivity index (χ3n) is 5.17. The van der Waals surface area contributed by atoms with Crippen LogP contribution in [0.5, 0.6) is 0 Å². The Morgan fingerprint density at radius 3 is 2.41 bits per heavy atom. The van der Waals surface area contributed by atoms with Crippen LogP contribution in [0.15, 0.2) is 47.3 Å². The SMILES string of the molecule is O=C(c1ccoc1)N1CCN(C(=O)C2CNNC2c2ccc(Cl)cc2)CC1. The van der Waals surface area contributed by atoms with Crippen molar-refractivity contribution in [1.82, 2.24) is 20.7 Å². The molecule has 7 nitrogen and oxygen atoms in total. The van der Waals surface area contributed by atoms with Crippen molar-refractivity contribution in [2.75, 3.05) is 32.7 Å². The summed E-state index contributed by atoms with van der Waals surface area (Å²) < 4.78 is 4.98. The first kappa shape index (κ1) is 18.0. The van der Waals surface area contributed by atoms with Gasteiger partial charge in [-0.15, -0.1) is 0 Å². The molecule has 2 aliphatic heterocycles. The predicted molar refractivity (Wildman–Crippen MR) is 100 cm³/mol. The highest BCUT2D eigenvalue weighted by molar-refractivity contribution is 6.30. The van der Waals surface area contributed by atoms with Gasteiger partial charge in [-0.25, -0.2) is 5.43 Å². The van der Waals surface area contributed by atoms with Crippen molar-refractivity contribution in [3.05, 3.63) is 59.0 Å². The highest BCUT2D eigenvalue weighted by Gasteiger charge is 2.37. The lowest BCUT2D eigenvalue weighted by molar-refractivity contribution is -0.137. The van der Waals surface area contributed by atoms with Crippen LogP contribution >= 0.6 is 11.6 Å². The molecule has 2 atom stereocenters. The first-order valence-electron chi connectivity index (χ1n) is 8.97. The van der Waals surface area contributed by atoms with Crippen LogP contribution in [-0.4, -0.2) is 54.3 Å². The standard InChI is InChI=1S/C19H21ClN4O3/c20-15-3-1-13(2-4-15)17-16(11-21-22-17)19(26)24-8-6-23(7-9-24)18(25)14-5-10-27-12-14/h1-5,10,12,16-17,21-22H,6-9,11H2. The number of carbonyl (C=O) groups is 2. The number of furan rings is 1. The molecule has 2 saturated heterocycles. The molecule has 2 amide bonds. The molecule has 2 fully saturated rings. The number of nitrogens with one attached hydrogen (secondary N) is 2. The van der Waals surface area contributed by atoms with Crippen LogP contribution in [0.3, 0.4) is 0 Å². The minimum absolute atomic E-state index is 0.0564. The van der Waals surface area contributed by atoms with Gasteiger partial charge in [-0.2, -0.15) is 0 Å². The summed E-state index contributed by atoms with van der Waals surface area (Å²) in [6.07, 6.45) is 2.94. The summed E-state index contributed by atoms with van der Waals surface area (Å²) in [5, 5.41) is 0.672. The van der Waals surface area contributed by atoms with Crippen LogP contribution in [0.1, 0.15) is 22.0 Å². The molecule has 0 bridgehead atoms. The second kappa shape index (κ2) is 7.72. The first-order chi connectivity index (χ1) is 13.1. The average Bonchev–Trinajstić information content (AvgIpc) is 3.40. The average molecular weight is 389 g/mol. The number of halogens is 1. The Bertz CT molecular complexity index is 801. The van der Waals surface area contributed by atoms with E-state index in [0.29, 0.717) is 43.3 Å². The van der Waals surface area contributed by atoms with Gasteiger partial charge in [-0.05, 0) is 23.8 Å². The Balaban J connectivity index is 1.38. The number of nitrogens with zero attached hydrogens (tertiary/aromatic N) is 2. The molecule has 27 heavy (non-hydrogen) atoms.